The molecule has 0 saturated carbocycles. The Morgan fingerprint density at radius 2 is 0.645 bits per heavy atom. The van der Waals surface area contributed by atoms with Gasteiger partial charge >= 0.3 is 31.7 Å². The first-order chi connectivity index (χ1) is 59.6. The maximum Gasteiger partial charge on any atom is 0.470 e. The lowest BCUT2D eigenvalue weighted by atomic mass is 9.95. The van der Waals surface area contributed by atoms with Crippen molar-refractivity contribution in [2.45, 2.75) is 577 Å². The zero-order chi connectivity index (χ0) is 90.0. The molecule has 25 nitrogen and oxygen atoms in total. The molecule has 2 aliphatic heterocycles. The fourth-order valence-corrected chi connectivity index (χ4v) is 17.7. The Bertz CT molecular complexity index is 2590. The molecule has 26 heteroatoms. The van der Waals surface area contributed by atoms with Crippen molar-refractivity contribution in [2.24, 2.45) is 0 Å². The highest BCUT2D eigenvalue weighted by Crippen LogP contribution is 2.43. The summed E-state index contributed by atoms with van der Waals surface area (Å²) in [4.78, 5) is 107. The third-order valence-electron chi connectivity index (χ3n) is 24.6. The van der Waals surface area contributed by atoms with Crippen molar-refractivity contribution in [3.8, 4) is 0 Å². The number of ether oxygens (including phenoxy) is 7. The molecule has 14 atom stereocenters. The second kappa shape index (κ2) is 80.4. The van der Waals surface area contributed by atoms with Crippen molar-refractivity contribution in [1.29, 1.82) is 0 Å². The number of unbranched alkanes of at least 4 members (excludes halogenated alkanes) is 54. The number of nitrogens with one attached hydrogen (secondary N) is 2. The second-order valence-corrected chi connectivity index (χ2v) is 37.6. The number of esters is 4. The smallest absolute Gasteiger partial charge is 0.462 e. The quantitative estimate of drug-likeness (QED) is 0.0117. The van der Waals surface area contributed by atoms with E-state index in [0.29, 0.717) is 51.4 Å². The minimum absolute atomic E-state index is 0. The first-order valence-electron chi connectivity index (χ1n) is 51.0. The normalized spacial score (nSPS) is 20.1. The molecule has 2 fully saturated rings. The molecule has 0 aromatic carbocycles. The van der Waals surface area contributed by atoms with E-state index in [0.717, 1.165) is 199 Å². The van der Waals surface area contributed by atoms with E-state index in [4.69, 9.17) is 37.7 Å². The third kappa shape index (κ3) is 63.6. The van der Waals surface area contributed by atoms with Gasteiger partial charge in [-0.15, -0.1) is 0 Å². The highest BCUT2D eigenvalue weighted by atomic mass is 31.2. The molecule has 2 saturated heterocycles. The maximum absolute atomic E-state index is 15.1. The van der Waals surface area contributed by atoms with Crippen molar-refractivity contribution in [3.05, 3.63) is 0 Å². The van der Waals surface area contributed by atoms with E-state index in [9.17, 15) is 63.9 Å². The van der Waals surface area contributed by atoms with Gasteiger partial charge in [-0.05, 0) is 51.4 Å². The highest BCUT2D eigenvalue weighted by molar-refractivity contribution is 7.46. The summed E-state index contributed by atoms with van der Waals surface area (Å²) in [6.45, 7) is 11.3. The number of hydrogen-bond acceptors (Lipinski definition) is 20. The second-order valence-electron chi connectivity index (χ2n) is 36.4. The van der Waals surface area contributed by atoms with E-state index in [2.05, 4.69) is 52.2 Å². The Labute approximate surface area is 752 Å². The van der Waals surface area contributed by atoms with Gasteiger partial charge in [0.1, 0.15) is 48.7 Å². The van der Waals surface area contributed by atoms with Crippen LogP contribution in [0, 0.1) is 0 Å². The number of rotatable bonds is 86. The van der Waals surface area contributed by atoms with Gasteiger partial charge in [-0.25, -0.2) is 4.57 Å². The minimum Gasteiger partial charge on any atom is -0.462 e. The van der Waals surface area contributed by atoms with E-state index in [-0.39, 0.29) is 31.8 Å². The summed E-state index contributed by atoms with van der Waals surface area (Å²) in [6.07, 6.45) is 43.4. The van der Waals surface area contributed by atoms with Crippen LogP contribution in [0.25, 0.3) is 0 Å². The zero-order valence-electron chi connectivity index (χ0n) is 79.7. The van der Waals surface area contributed by atoms with Gasteiger partial charge in [0, 0.05) is 12.8 Å². The molecule has 2 amide bonds. The van der Waals surface area contributed by atoms with Crippen molar-refractivity contribution >= 4 is 43.5 Å². The first kappa shape index (κ1) is 119. The molecule has 0 aromatic heterocycles. The zero-order valence-corrected chi connectivity index (χ0v) is 80.6. The Balaban J connectivity index is 0.0000769. The van der Waals surface area contributed by atoms with E-state index < -0.39 is 168 Å². The van der Waals surface area contributed by atoms with Crippen LogP contribution in [0.5, 0.6) is 0 Å². The number of hydrogen-bond donors (Lipinski definition) is 10. The van der Waals surface area contributed by atoms with Crippen LogP contribution < -0.4 is 16.8 Å². The molecular weight excluding hydrogens is 1600 g/mol. The summed E-state index contributed by atoms with van der Waals surface area (Å²) in [5.41, 5.74) is 0. The molecule has 2 rings (SSSR count). The molecule has 4 unspecified atom stereocenters. The van der Waals surface area contributed by atoms with Crippen molar-refractivity contribution in [1.82, 2.24) is 16.8 Å². The maximum atomic E-state index is 15.1. The lowest BCUT2D eigenvalue weighted by Gasteiger charge is -2.46. The lowest BCUT2D eigenvalue weighted by molar-refractivity contribution is -0.298. The number of aliphatic hydroxyl groups excluding tert-OH is 5. The summed E-state index contributed by atoms with van der Waals surface area (Å²) >= 11 is 0. The van der Waals surface area contributed by atoms with Crippen molar-refractivity contribution in [3.63, 3.8) is 0 Å². The Hall–Kier alpha value is -3.43. The fourth-order valence-electron chi connectivity index (χ4n) is 17.1. The summed E-state index contributed by atoms with van der Waals surface area (Å²) in [7, 11) is -5.62. The van der Waals surface area contributed by atoms with E-state index in [1.54, 1.807) is 0 Å². The van der Waals surface area contributed by atoms with Gasteiger partial charge in [-0.1, -0.05) is 401 Å². The predicted octanol–water partition coefficient (Wildman–Crippen LogP) is 22.4. The largest absolute Gasteiger partial charge is 0.470 e. The molecule has 0 bridgehead atoms. The average Bonchev–Trinajstić information content (AvgIpc) is 0.776. The lowest BCUT2D eigenvalue weighted by Crippen LogP contribution is -2.68. The van der Waals surface area contributed by atoms with Gasteiger partial charge in [0.15, 0.2) is 24.8 Å². The molecule has 0 aliphatic carbocycles. The van der Waals surface area contributed by atoms with Crippen molar-refractivity contribution in [2.75, 3.05) is 13.2 Å². The molecule has 732 valence electrons. The highest BCUT2D eigenvalue weighted by Gasteiger charge is 2.54. The van der Waals surface area contributed by atoms with E-state index >= 15 is 4.79 Å². The van der Waals surface area contributed by atoms with Crippen LogP contribution in [0.2, 0.25) is 0 Å². The van der Waals surface area contributed by atoms with Crippen LogP contribution >= 0.6 is 7.82 Å². The predicted molar refractivity (Wildman–Crippen MR) is 494 cm³/mol. The van der Waals surface area contributed by atoms with Gasteiger partial charge in [0.05, 0.1) is 51.1 Å². The monoisotopic (exact) mass is 1790 g/mol. The van der Waals surface area contributed by atoms with E-state index in [1.807, 2.05) is 0 Å². The van der Waals surface area contributed by atoms with Crippen LogP contribution in [0.15, 0.2) is 0 Å². The van der Waals surface area contributed by atoms with Gasteiger partial charge in [-0.3, -0.25) is 33.3 Å². The number of carbonyl (C=O) groups excluding carboxylic acids is 6. The Morgan fingerprint density at radius 3 is 1.00 bits per heavy atom. The van der Waals surface area contributed by atoms with Crippen LogP contribution in [0.4, 0.5) is 0 Å². The topological polar surface area (TPSA) is 396 Å². The van der Waals surface area contributed by atoms with Crippen LogP contribution in [0.1, 0.15) is 491 Å². The van der Waals surface area contributed by atoms with Gasteiger partial charge in [0.2, 0.25) is 11.8 Å². The summed E-state index contributed by atoms with van der Waals surface area (Å²) in [5.74, 6) is -4.55. The number of aliphatic hydroxyl groups is 5. The summed E-state index contributed by atoms with van der Waals surface area (Å²) in [6, 6.07) is -3.47. The fraction of sp³-hybridized carbons (Fsp3) is 0.939. The summed E-state index contributed by atoms with van der Waals surface area (Å²) < 4.78 is 61.9. The van der Waals surface area contributed by atoms with Gasteiger partial charge < -0.3 is 85.3 Å². The number of phosphoric acid groups is 1. The standard InChI is InChI=1S/C98H185N2O22P.H3N/c1-7-13-19-25-31-37-40-46-50-55-61-67-79(102)73-85(104)99-91-95(120-89(108)74-80(103)68-62-56-49-43-34-28-22-16-10-4)93(110)84(118-97(91)111)78-115-98-92(100-86(105)75-81(69-63-57-51-44-35-29-23-17-11-5)116-87(106)71-65-59-53-47-41-38-32-26-20-14-8-2)96(94(83(77-101)119-98)122-123(112,113)114)121-90(109)76-82(70-64-58-52-45-36-30-24-18-12-6)117-88(107)72-66-60-54-48-42-39-33-27-21-15-9-3;/h79-84,91-98,101-103,110-111H,7-78H2,1-6H3,(H,99,104)(H,100,105)(H2,112,113,114);1H3/p+1/t79-,80-,81-,82-,83?,84?,91?,92?,93-,94-,95-,96-,97+,98-;/m1./s1. The SMILES string of the molecule is CCCCCCCCCCCCCC(=O)O[C@H](CCCCCCCCCCC)CC(=O)NC1[C@H](OCC2O[C@H](O)C(NC(=O)C[C@H](O)CCCCCCCCCCCCC)[C@@H](OC(=O)C[C@H](O)CCCCCCCCCCC)[C@@H]2O)OC(CO)[C@@H](OP(=O)(O)O)[C@@H]1OC(=O)C[C@@H](CCCCCCCCCCC)OC(=O)CCCCCCCCCCCCC.[NH4+]. The first-order valence-corrected chi connectivity index (χ1v) is 52.5. The van der Waals surface area contributed by atoms with Crippen LogP contribution in [-0.2, 0) is 71.0 Å². The number of carbonyl (C=O) groups is 6. The molecular formula is C98H189N3O22P+. The van der Waals surface area contributed by atoms with Crippen molar-refractivity contribution < 1.29 is 106 Å². The van der Waals surface area contributed by atoms with Crippen LogP contribution in [-0.4, -0.2) is 170 Å². The third-order valence-corrected chi connectivity index (χ3v) is 25.1. The molecule has 0 radical (unpaired) electrons. The Morgan fingerprint density at radius 1 is 0.347 bits per heavy atom. The van der Waals surface area contributed by atoms with Gasteiger partial charge in [-0.2, -0.15) is 0 Å². The molecule has 0 spiro atoms. The molecule has 124 heavy (non-hydrogen) atoms. The van der Waals surface area contributed by atoms with Crippen LogP contribution in [0.3, 0.4) is 0 Å². The molecule has 0 aromatic rings. The van der Waals surface area contributed by atoms with E-state index in [1.165, 1.54) is 148 Å². The number of quaternary nitrogens is 1. The molecule has 13 N–H and O–H groups in total. The number of phosphoric ester groups is 1. The average molecular weight is 1790 g/mol. The minimum atomic E-state index is -5.62. The van der Waals surface area contributed by atoms with Gasteiger partial charge in [0.25, 0.3) is 0 Å². The summed E-state index contributed by atoms with van der Waals surface area (Å²) in [5, 5.41) is 63.4. The Kier molecular flexibility index (Phi) is 76.9. The molecule has 2 aliphatic rings. The number of amides is 2. The molecule has 2 heterocycles.